The highest BCUT2D eigenvalue weighted by molar-refractivity contribution is 5.72. The van der Waals surface area contributed by atoms with Crippen molar-refractivity contribution in [1.82, 2.24) is 9.80 Å². The third-order valence-electron chi connectivity index (χ3n) is 5.61. The van der Waals surface area contributed by atoms with E-state index in [4.69, 9.17) is 9.47 Å². The lowest BCUT2D eigenvalue weighted by Crippen LogP contribution is -2.55. The van der Waals surface area contributed by atoms with Crippen LogP contribution in [-0.2, 0) is 14.3 Å². The molecular weight excluding hydrogens is 292 g/mol. The van der Waals surface area contributed by atoms with Crippen LogP contribution in [0.3, 0.4) is 0 Å². The van der Waals surface area contributed by atoms with Gasteiger partial charge < -0.3 is 9.47 Å². The molecule has 0 amide bonds. The number of hydrogen-bond acceptors (Lipinski definition) is 5. The summed E-state index contributed by atoms with van der Waals surface area (Å²) in [6, 6.07) is 0. The van der Waals surface area contributed by atoms with E-state index in [1.165, 1.54) is 25.9 Å². The normalized spacial score (nSPS) is 33.6. The molecule has 0 bridgehead atoms. The molecule has 2 heterocycles. The molecule has 1 atom stereocenters. The third kappa shape index (κ3) is 4.25. The molecule has 0 aromatic rings. The van der Waals surface area contributed by atoms with Crippen LogP contribution < -0.4 is 0 Å². The first-order chi connectivity index (χ1) is 11.2. The van der Waals surface area contributed by atoms with Gasteiger partial charge in [-0.15, -0.1) is 0 Å². The fourth-order valence-electron chi connectivity index (χ4n) is 4.29. The van der Waals surface area contributed by atoms with Gasteiger partial charge in [0.25, 0.3) is 0 Å². The first kappa shape index (κ1) is 17.2. The van der Waals surface area contributed by atoms with Crippen LogP contribution in [0.25, 0.3) is 0 Å². The molecule has 5 nitrogen and oxygen atoms in total. The molecule has 3 aliphatic rings. The van der Waals surface area contributed by atoms with Crippen LogP contribution in [0.4, 0.5) is 0 Å². The van der Waals surface area contributed by atoms with Crippen molar-refractivity contribution in [2.45, 2.75) is 64.6 Å². The van der Waals surface area contributed by atoms with Crippen molar-refractivity contribution in [3.05, 3.63) is 0 Å². The van der Waals surface area contributed by atoms with Gasteiger partial charge in [0, 0.05) is 19.6 Å². The minimum atomic E-state index is -0.0162. The lowest BCUT2D eigenvalue weighted by atomic mass is 9.87. The lowest BCUT2D eigenvalue weighted by Gasteiger charge is -2.45. The van der Waals surface area contributed by atoms with Crippen LogP contribution in [0, 0.1) is 11.8 Å². The molecule has 5 heteroatoms. The van der Waals surface area contributed by atoms with Crippen LogP contribution in [0.15, 0.2) is 0 Å². The summed E-state index contributed by atoms with van der Waals surface area (Å²) in [5, 5.41) is 0. The van der Waals surface area contributed by atoms with Gasteiger partial charge in [0.1, 0.15) is 6.73 Å². The average molecular weight is 324 g/mol. The average Bonchev–Trinajstić information content (AvgIpc) is 2.98. The molecule has 0 unspecified atom stereocenters. The summed E-state index contributed by atoms with van der Waals surface area (Å²) < 4.78 is 11.3. The van der Waals surface area contributed by atoms with Gasteiger partial charge in [0.05, 0.1) is 24.8 Å². The Kier molecular flexibility index (Phi) is 5.94. The quantitative estimate of drug-likeness (QED) is 0.702. The van der Waals surface area contributed by atoms with Crippen molar-refractivity contribution in [3.63, 3.8) is 0 Å². The fourth-order valence-corrected chi connectivity index (χ4v) is 4.29. The Morgan fingerprint density at radius 3 is 2.52 bits per heavy atom. The zero-order chi connectivity index (χ0) is 16.2. The molecule has 0 aromatic heterocycles. The summed E-state index contributed by atoms with van der Waals surface area (Å²) in [4.78, 5) is 16.9. The Hall–Kier alpha value is -0.650. The number of rotatable bonds is 6. The zero-order valence-corrected chi connectivity index (χ0v) is 14.7. The summed E-state index contributed by atoms with van der Waals surface area (Å²) >= 11 is 0. The maximum absolute atomic E-state index is 11.8. The molecule has 0 radical (unpaired) electrons. The van der Waals surface area contributed by atoms with Crippen molar-refractivity contribution in [3.8, 4) is 0 Å². The van der Waals surface area contributed by atoms with Gasteiger partial charge in [0.15, 0.2) is 0 Å². The number of esters is 1. The van der Waals surface area contributed by atoms with Crippen molar-refractivity contribution in [2.75, 3.05) is 33.0 Å². The van der Waals surface area contributed by atoms with E-state index in [1.807, 2.05) is 6.92 Å². The molecule has 1 saturated carbocycles. The lowest BCUT2D eigenvalue weighted by molar-refractivity contribution is -0.150. The molecule has 0 aromatic carbocycles. The van der Waals surface area contributed by atoms with Crippen LogP contribution in [-0.4, -0.2) is 61.0 Å². The van der Waals surface area contributed by atoms with Crippen LogP contribution in [0.1, 0.15) is 52.4 Å². The van der Waals surface area contributed by atoms with Crippen LogP contribution in [0.5, 0.6) is 0 Å². The van der Waals surface area contributed by atoms with Gasteiger partial charge in [0.2, 0.25) is 0 Å². The van der Waals surface area contributed by atoms with Gasteiger partial charge in [-0.3, -0.25) is 14.6 Å². The van der Waals surface area contributed by atoms with Crippen molar-refractivity contribution < 1.29 is 14.3 Å². The predicted molar refractivity (Wildman–Crippen MR) is 88.8 cm³/mol. The maximum atomic E-state index is 11.8. The maximum Gasteiger partial charge on any atom is 0.308 e. The molecular formula is C18H32N2O3. The highest BCUT2D eigenvalue weighted by Crippen LogP contribution is 2.30. The first-order valence-electron chi connectivity index (χ1n) is 9.43. The van der Waals surface area contributed by atoms with Crippen LogP contribution in [0.2, 0.25) is 0 Å². The number of nitrogens with zero attached hydrogens (tertiary/aromatic N) is 2. The molecule has 0 spiro atoms. The Labute approximate surface area is 140 Å². The Morgan fingerprint density at radius 2 is 1.87 bits per heavy atom. The van der Waals surface area contributed by atoms with E-state index in [9.17, 15) is 4.79 Å². The number of carbonyl (C=O) groups excluding carboxylic acids is 1. The van der Waals surface area contributed by atoms with Crippen molar-refractivity contribution in [1.29, 1.82) is 0 Å². The molecule has 2 aliphatic heterocycles. The summed E-state index contributed by atoms with van der Waals surface area (Å²) in [7, 11) is 0. The van der Waals surface area contributed by atoms with Crippen molar-refractivity contribution >= 4 is 5.97 Å². The van der Waals surface area contributed by atoms with Gasteiger partial charge in [-0.1, -0.05) is 6.92 Å². The number of carbonyl (C=O) groups is 1. The molecule has 3 rings (SSSR count). The first-order valence-corrected chi connectivity index (χ1v) is 9.43. The molecule has 1 aliphatic carbocycles. The smallest absolute Gasteiger partial charge is 0.308 e. The van der Waals surface area contributed by atoms with Gasteiger partial charge in [-0.2, -0.15) is 0 Å². The summed E-state index contributed by atoms with van der Waals surface area (Å²) in [5.41, 5.74) is 0. The largest absolute Gasteiger partial charge is 0.466 e. The molecule has 23 heavy (non-hydrogen) atoms. The summed E-state index contributed by atoms with van der Waals surface area (Å²) in [6.07, 6.45) is 7.29. The SMILES string of the molecule is CCOC(=O)[C@H]1CC[C@H](OCN2CCC[C@H]2N2CC(C)C2)CC1. The Bertz CT molecular complexity index is 390. The van der Waals surface area contributed by atoms with E-state index >= 15 is 0 Å². The van der Waals surface area contributed by atoms with E-state index in [1.54, 1.807) is 0 Å². The zero-order valence-electron chi connectivity index (χ0n) is 14.7. The van der Waals surface area contributed by atoms with E-state index in [-0.39, 0.29) is 11.9 Å². The topological polar surface area (TPSA) is 42.0 Å². The predicted octanol–water partition coefficient (Wildman–Crippen LogP) is 2.46. The highest BCUT2D eigenvalue weighted by atomic mass is 16.5. The second kappa shape index (κ2) is 7.95. The number of hydrogen-bond donors (Lipinski definition) is 0. The monoisotopic (exact) mass is 324 g/mol. The standard InChI is InChI=1S/C18H32N2O3/c1-3-22-18(21)15-6-8-16(9-7-15)23-13-19-10-4-5-17(19)20-11-14(2)12-20/h14-17H,3-13H2,1-2H3/t15-,16-,17-/m1/s1. The van der Waals surface area contributed by atoms with Gasteiger partial charge in [-0.25, -0.2) is 0 Å². The highest BCUT2D eigenvalue weighted by Gasteiger charge is 2.36. The Balaban J connectivity index is 1.37. The molecule has 0 N–H and O–H groups in total. The molecule has 3 fully saturated rings. The second-order valence-electron chi connectivity index (χ2n) is 7.52. The number of ether oxygens (including phenoxy) is 2. The minimum Gasteiger partial charge on any atom is -0.466 e. The van der Waals surface area contributed by atoms with Gasteiger partial charge >= 0.3 is 5.97 Å². The Morgan fingerprint density at radius 1 is 1.13 bits per heavy atom. The third-order valence-corrected chi connectivity index (χ3v) is 5.61. The van der Waals surface area contributed by atoms with Crippen LogP contribution >= 0.6 is 0 Å². The number of likely N-dealkylation sites (tertiary alicyclic amines) is 2. The van der Waals surface area contributed by atoms with Gasteiger partial charge in [-0.05, 0) is 51.4 Å². The molecule has 132 valence electrons. The molecule has 2 saturated heterocycles. The summed E-state index contributed by atoms with van der Waals surface area (Å²) in [6.45, 7) is 9.09. The van der Waals surface area contributed by atoms with E-state index in [2.05, 4.69) is 16.7 Å². The fraction of sp³-hybridized carbons (Fsp3) is 0.944. The van der Waals surface area contributed by atoms with E-state index in [0.29, 0.717) is 18.9 Å². The summed E-state index contributed by atoms with van der Waals surface area (Å²) in [5.74, 6) is 0.936. The second-order valence-corrected chi connectivity index (χ2v) is 7.52. The van der Waals surface area contributed by atoms with E-state index < -0.39 is 0 Å². The minimum absolute atomic E-state index is 0.0162. The van der Waals surface area contributed by atoms with Crippen molar-refractivity contribution in [2.24, 2.45) is 11.8 Å². The van der Waals surface area contributed by atoms with E-state index in [0.717, 1.165) is 44.9 Å².